The van der Waals surface area contributed by atoms with Crippen molar-refractivity contribution in [1.82, 2.24) is 15.2 Å². The Kier molecular flexibility index (Phi) is 7.15. The maximum absolute atomic E-state index is 13.0. The number of hydrogen-bond donors (Lipinski definition) is 2. The number of aryl methyl sites for hydroxylation is 2. The first kappa shape index (κ1) is 23.1. The average molecular weight is 468 g/mol. The second-order valence-electron chi connectivity index (χ2n) is 8.22. The van der Waals surface area contributed by atoms with Gasteiger partial charge in [-0.05, 0) is 72.8 Å². The molecule has 4 rings (SSSR count). The normalized spacial score (nSPS) is 12.2. The minimum atomic E-state index is -0.103. The Hall–Kier alpha value is -3.10. The van der Waals surface area contributed by atoms with Gasteiger partial charge in [-0.1, -0.05) is 18.2 Å². The van der Waals surface area contributed by atoms with Crippen LogP contribution in [-0.2, 0) is 17.8 Å². The largest absolute Gasteiger partial charge is 0.454 e. The summed E-state index contributed by atoms with van der Waals surface area (Å²) in [5, 5.41) is 4.89. The van der Waals surface area contributed by atoms with Gasteiger partial charge in [-0.3, -0.25) is 4.79 Å². The fraction of sp³-hybridized carbons (Fsp3) is 0.360. The zero-order valence-corrected chi connectivity index (χ0v) is 20.0. The summed E-state index contributed by atoms with van der Waals surface area (Å²) < 4.78 is 16.1. The first-order valence-corrected chi connectivity index (χ1v) is 11.4. The molecule has 3 aromatic rings. The Labute approximate surface area is 198 Å². The predicted octanol–water partition coefficient (Wildman–Crippen LogP) is 3.79. The molecule has 7 nitrogen and oxygen atoms in total. The molecule has 0 aliphatic carbocycles. The van der Waals surface area contributed by atoms with E-state index in [1.165, 1.54) is 0 Å². The van der Waals surface area contributed by atoms with Crippen molar-refractivity contribution in [3.63, 3.8) is 0 Å². The molecule has 1 aliphatic rings. The van der Waals surface area contributed by atoms with E-state index in [-0.39, 0.29) is 12.4 Å². The molecule has 2 aromatic carbocycles. The second-order valence-corrected chi connectivity index (χ2v) is 8.60. The van der Waals surface area contributed by atoms with Gasteiger partial charge >= 0.3 is 0 Å². The van der Waals surface area contributed by atoms with Gasteiger partial charge in [0.1, 0.15) is 0 Å². The lowest BCUT2D eigenvalue weighted by Gasteiger charge is -2.26. The minimum absolute atomic E-state index is 0.103. The van der Waals surface area contributed by atoms with Gasteiger partial charge in [0.2, 0.25) is 6.79 Å². The molecule has 2 heterocycles. The number of aromatic amines is 1. The van der Waals surface area contributed by atoms with Crippen LogP contribution in [0.1, 0.15) is 28.7 Å². The summed E-state index contributed by atoms with van der Waals surface area (Å²) in [6, 6.07) is 11.9. The summed E-state index contributed by atoms with van der Waals surface area (Å²) in [6.07, 6.45) is 0.837. The van der Waals surface area contributed by atoms with Crippen LogP contribution in [-0.4, -0.2) is 42.1 Å². The monoisotopic (exact) mass is 467 g/mol. The zero-order chi connectivity index (χ0) is 23.4. The Balaban J connectivity index is 1.60. The van der Waals surface area contributed by atoms with Crippen LogP contribution in [0.3, 0.4) is 0 Å². The predicted molar refractivity (Wildman–Crippen MR) is 133 cm³/mol. The number of nitrogens with one attached hydrogen (secondary N) is 2. The van der Waals surface area contributed by atoms with Crippen molar-refractivity contribution in [2.24, 2.45) is 0 Å². The summed E-state index contributed by atoms with van der Waals surface area (Å²) in [4.78, 5) is 18.0. The van der Waals surface area contributed by atoms with E-state index in [1.54, 1.807) is 7.11 Å². The van der Waals surface area contributed by atoms with E-state index in [0.29, 0.717) is 36.9 Å². The van der Waals surface area contributed by atoms with E-state index in [1.807, 2.05) is 49.1 Å². The van der Waals surface area contributed by atoms with Crippen molar-refractivity contribution in [2.45, 2.75) is 33.4 Å². The lowest BCUT2D eigenvalue weighted by atomic mass is 10.0. The van der Waals surface area contributed by atoms with Crippen molar-refractivity contribution >= 4 is 28.2 Å². The molecule has 1 aromatic heterocycles. The molecule has 0 saturated heterocycles. The van der Waals surface area contributed by atoms with Crippen molar-refractivity contribution in [3.8, 4) is 11.5 Å². The number of aromatic nitrogens is 1. The first-order valence-electron chi connectivity index (χ1n) is 11.0. The highest BCUT2D eigenvalue weighted by Crippen LogP contribution is 2.33. The van der Waals surface area contributed by atoms with Crippen molar-refractivity contribution in [2.75, 3.05) is 27.1 Å². The number of hydrogen-bond acceptors (Lipinski definition) is 5. The molecule has 0 bridgehead atoms. The molecule has 33 heavy (non-hydrogen) atoms. The number of rotatable bonds is 8. The van der Waals surface area contributed by atoms with Gasteiger partial charge < -0.3 is 29.4 Å². The molecule has 0 unspecified atom stereocenters. The highest BCUT2D eigenvalue weighted by molar-refractivity contribution is 7.80. The molecule has 0 saturated carbocycles. The van der Waals surface area contributed by atoms with Crippen LogP contribution < -0.4 is 20.3 Å². The summed E-state index contributed by atoms with van der Waals surface area (Å²) >= 11 is 5.71. The highest BCUT2D eigenvalue weighted by atomic mass is 32.1. The summed E-state index contributed by atoms with van der Waals surface area (Å²) in [6.45, 7) is 6.55. The molecule has 8 heteroatoms. The summed E-state index contributed by atoms with van der Waals surface area (Å²) in [5.41, 5.74) is 4.69. The number of H-pyrrole nitrogens is 1. The molecule has 0 atom stereocenters. The number of benzene rings is 2. The Morgan fingerprint density at radius 1 is 1.15 bits per heavy atom. The van der Waals surface area contributed by atoms with E-state index in [9.17, 15) is 4.79 Å². The molecule has 2 N–H and O–H groups in total. The summed E-state index contributed by atoms with van der Waals surface area (Å²) in [7, 11) is 1.68. The van der Waals surface area contributed by atoms with Gasteiger partial charge in [-0.15, -0.1) is 0 Å². The third-order valence-corrected chi connectivity index (χ3v) is 6.29. The van der Waals surface area contributed by atoms with E-state index in [2.05, 4.69) is 16.4 Å². The SMILES string of the molecule is COCCCNC(=S)N(Cc1ccc2c(c1)OCO2)Cc1cc2ccc(C)c(C)c2[nH]c1=O. The fourth-order valence-corrected chi connectivity index (χ4v) is 4.11. The molecule has 174 valence electrons. The zero-order valence-electron chi connectivity index (χ0n) is 19.2. The highest BCUT2D eigenvalue weighted by Gasteiger charge is 2.18. The van der Waals surface area contributed by atoms with Gasteiger partial charge in [-0.2, -0.15) is 0 Å². The first-order chi connectivity index (χ1) is 16.0. The van der Waals surface area contributed by atoms with Crippen molar-refractivity contribution in [3.05, 3.63) is 69.0 Å². The van der Waals surface area contributed by atoms with Crippen LogP contribution in [0.4, 0.5) is 0 Å². The Morgan fingerprint density at radius 2 is 1.97 bits per heavy atom. The number of fused-ring (bicyclic) bond motifs is 2. The van der Waals surface area contributed by atoms with Crippen LogP contribution in [0.2, 0.25) is 0 Å². The minimum Gasteiger partial charge on any atom is -0.454 e. The maximum atomic E-state index is 13.0. The smallest absolute Gasteiger partial charge is 0.253 e. The van der Waals surface area contributed by atoms with Crippen LogP contribution in [0.15, 0.2) is 41.2 Å². The number of ether oxygens (including phenoxy) is 3. The average Bonchev–Trinajstić information content (AvgIpc) is 3.27. The van der Waals surface area contributed by atoms with Crippen LogP contribution in [0.25, 0.3) is 10.9 Å². The molecular formula is C25H29N3O4S. The topological polar surface area (TPSA) is 75.8 Å². The molecule has 0 amide bonds. The molecule has 0 spiro atoms. The molecule has 0 fully saturated rings. The third kappa shape index (κ3) is 5.29. The van der Waals surface area contributed by atoms with E-state index >= 15 is 0 Å². The standard InChI is InChI=1S/C25H29N3O4S/c1-16-5-7-19-12-20(24(29)27-23(19)17(16)2)14-28(25(33)26-9-4-10-30-3)13-18-6-8-21-22(11-18)32-15-31-21/h5-8,11-12H,4,9-10,13-15H2,1-3H3,(H,26,33)(H,27,29). The Bertz CT molecular complexity index is 1220. The fourth-order valence-electron chi connectivity index (χ4n) is 3.88. The molecular weight excluding hydrogens is 438 g/mol. The summed E-state index contributed by atoms with van der Waals surface area (Å²) in [5.74, 6) is 1.46. The molecule has 1 aliphatic heterocycles. The van der Waals surface area contributed by atoms with Gasteiger partial charge in [0, 0.05) is 32.4 Å². The van der Waals surface area contributed by atoms with E-state index in [4.69, 9.17) is 26.4 Å². The van der Waals surface area contributed by atoms with Gasteiger partial charge in [-0.25, -0.2) is 0 Å². The number of pyridine rings is 1. The van der Waals surface area contributed by atoms with Gasteiger partial charge in [0.25, 0.3) is 5.56 Å². The quantitative estimate of drug-likeness (QED) is 0.386. The maximum Gasteiger partial charge on any atom is 0.253 e. The number of methoxy groups -OCH3 is 1. The number of nitrogens with zero attached hydrogens (tertiary/aromatic N) is 1. The molecule has 0 radical (unpaired) electrons. The lowest BCUT2D eigenvalue weighted by molar-refractivity contribution is 0.174. The third-order valence-electron chi connectivity index (χ3n) is 5.89. The van der Waals surface area contributed by atoms with Gasteiger partial charge in [0.15, 0.2) is 16.6 Å². The van der Waals surface area contributed by atoms with Crippen LogP contribution in [0.5, 0.6) is 11.5 Å². The number of thiocarbonyl (C=S) groups is 1. The van der Waals surface area contributed by atoms with Crippen LogP contribution >= 0.6 is 12.2 Å². The van der Waals surface area contributed by atoms with Crippen molar-refractivity contribution in [1.29, 1.82) is 0 Å². The van der Waals surface area contributed by atoms with Gasteiger partial charge in [0.05, 0.1) is 12.1 Å². The van der Waals surface area contributed by atoms with Crippen molar-refractivity contribution < 1.29 is 14.2 Å². The van der Waals surface area contributed by atoms with E-state index in [0.717, 1.165) is 45.5 Å². The second kappa shape index (κ2) is 10.2. The van der Waals surface area contributed by atoms with Crippen LogP contribution in [0, 0.1) is 13.8 Å². The van der Waals surface area contributed by atoms with E-state index < -0.39 is 0 Å². The Morgan fingerprint density at radius 3 is 2.79 bits per heavy atom. The lowest BCUT2D eigenvalue weighted by Crippen LogP contribution is -2.40.